The summed E-state index contributed by atoms with van der Waals surface area (Å²) in [7, 11) is 0. The lowest BCUT2D eigenvalue weighted by atomic mass is 9.90. The molecule has 0 spiro atoms. The summed E-state index contributed by atoms with van der Waals surface area (Å²) in [5, 5.41) is 8.66. The van der Waals surface area contributed by atoms with Gasteiger partial charge in [-0.1, -0.05) is 12.1 Å². The summed E-state index contributed by atoms with van der Waals surface area (Å²) in [5.74, 6) is -0.144. The highest BCUT2D eigenvalue weighted by Crippen LogP contribution is 2.22. The van der Waals surface area contributed by atoms with Crippen molar-refractivity contribution in [1.82, 2.24) is 10.6 Å². The van der Waals surface area contributed by atoms with Gasteiger partial charge in [0, 0.05) is 24.9 Å². The van der Waals surface area contributed by atoms with E-state index in [0.717, 1.165) is 24.1 Å². The van der Waals surface area contributed by atoms with Gasteiger partial charge in [-0.15, -0.1) is 12.4 Å². The standard InChI is InChI=1S/C18H26N4O3.ClH/c1-12(20-16(23)18(19)8-10-25-11-9-18)13-2-4-14(5-3-13)21-17(24)22-15-6-7-15;/h2-5,12,15H,6-11,19H2,1H3,(H,20,23)(H2,21,22,24);1H. The number of urea groups is 1. The molecule has 1 unspecified atom stereocenters. The predicted octanol–water partition coefficient (Wildman–Crippen LogP) is 2.08. The molecule has 5 N–H and O–H groups in total. The highest BCUT2D eigenvalue weighted by Gasteiger charge is 2.36. The minimum atomic E-state index is -0.852. The number of anilines is 1. The molecular weight excluding hydrogens is 356 g/mol. The Kier molecular flexibility index (Phi) is 6.86. The molecule has 7 nitrogen and oxygen atoms in total. The highest BCUT2D eigenvalue weighted by atomic mass is 35.5. The first-order valence-corrected chi connectivity index (χ1v) is 8.81. The van der Waals surface area contributed by atoms with Crippen LogP contribution in [0.4, 0.5) is 10.5 Å². The maximum atomic E-state index is 12.5. The van der Waals surface area contributed by atoms with E-state index < -0.39 is 5.54 Å². The van der Waals surface area contributed by atoms with E-state index in [4.69, 9.17) is 10.5 Å². The molecule has 0 radical (unpaired) electrons. The molecule has 1 atom stereocenters. The molecule has 1 aliphatic carbocycles. The number of carbonyl (C=O) groups is 2. The van der Waals surface area contributed by atoms with E-state index in [1.807, 2.05) is 31.2 Å². The third kappa shape index (κ3) is 5.33. The van der Waals surface area contributed by atoms with Gasteiger partial charge in [-0.3, -0.25) is 4.79 Å². The second kappa shape index (κ2) is 8.70. The van der Waals surface area contributed by atoms with Crippen LogP contribution in [0.1, 0.15) is 44.2 Å². The molecule has 0 bridgehead atoms. The minimum absolute atomic E-state index is 0. The maximum absolute atomic E-state index is 12.5. The second-order valence-corrected chi connectivity index (χ2v) is 6.96. The molecule has 3 rings (SSSR count). The van der Waals surface area contributed by atoms with Gasteiger partial charge >= 0.3 is 6.03 Å². The van der Waals surface area contributed by atoms with Crippen molar-refractivity contribution in [2.24, 2.45) is 5.73 Å². The predicted molar refractivity (Wildman–Crippen MR) is 102 cm³/mol. The van der Waals surface area contributed by atoms with Gasteiger partial charge in [-0.05, 0) is 50.3 Å². The minimum Gasteiger partial charge on any atom is -0.381 e. The van der Waals surface area contributed by atoms with Crippen molar-refractivity contribution < 1.29 is 14.3 Å². The Morgan fingerprint density at radius 1 is 1.19 bits per heavy atom. The number of nitrogens with two attached hydrogens (primary N) is 1. The van der Waals surface area contributed by atoms with E-state index >= 15 is 0 Å². The number of hydrogen-bond acceptors (Lipinski definition) is 4. The van der Waals surface area contributed by atoms with Crippen LogP contribution >= 0.6 is 12.4 Å². The molecule has 1 heterocycles. The fraction of sp³-hybridized carbons (Fsp3) is 0.556. The monoisotopic (exact) mass is 382 g/mol. The Balaban J connectivity index is 0.00000243. The van der Waals surface area contributed by atoms with Crippen molar-refractivity contribution in [2.75, 3.05) is 18.5 Å². The van der Waals surface area contributed by atoms with E-state index in [1.54, 1.807) is 0 Å². The molecule has 8 heteroatoms. The van der Waals surface area contributed by atoms with Crippen LogP contribution in [0, 0.1) is 0 Å². The lowest BCUT2D eigenvalue weighted by molar-refractivity contribution is -0.130. The molecular formula is C18H27ClN4O3. The molecule has 1 aromatic rings. The Bertz CT molecular complexity index is 628. The van der Waals surface area contributed by atoms with Crippen molar-refractivity contribution in [2.45, 2.75) is 50.2 Å². The summed E-state index contributed by atoms with van der Waals surface area (Å²) in [6.45, 7) is 2.95. The Morgan fingerprint density at radius 3 is 2.38 bits per heavy atom. The molecule has 144 valence electrons. The van der Waals surface area contributed by atoms with E-state index in [0.29, 0.717) is 32.1 Å². The van der Waals surface area contributed by atoms with Crippen LogP contribution in [-0.2, 0) is 9.53 Å². The van der Waals surface area contributed by atoms with E-state index in [1.165, 1.54) is 0 Å². The first-order valence-electron chi connectivity index (χ1n) is 8.81. The van der Waals surface area contributed by atoms with Crippen molar-refractivity contribution in [3.63, 3.8) is 0 Å². The lowest BCUT2D eigenvalue weighted by Crippen LogP contribution is -2.57. The number of rotatable bonds is 5. The average molecular weight is 383 g/mol. The van der Waals surface area contributed by atoms with Crippen molar-refractivity contribution >= 4 is 30.0 Å². The molecule has 0 aromatic heterocycles. The van der Waals surface area contributed by atoms with Gasteiger partial charge in [0.2, 0.25) is 5.91 Å². The first kappa shape index (κ1) is 20.5. The third-order valence-electron chi connectivity index (χ3n) is 4.77. The van der Waals surface area contributed by atoms with Crippen molar-refractivity contribution in [3.8, 4) is 0 Å². The topological polar surface area (TPSA) is 105 Å². The fourth-order valence-electron chi connectivity index (χ4n) is 2.82. The number of amides is 3. The average Bonchev–Trinajstić information content (AvgIpc) is 3.40. The normalized spacial score (nSPS) is 19.6. The van der Waals surface area contributed by atoms with Crippen LogP contribution in [-0.4, -0.2) is 36.7 Å². The zero-order valence-electron chi connectivity index (χ0n) is 14.9. The van der Waals surface area contributed by atoms with Gasteiger partial charge in [0.25, 0.3) is 0 Å². The van der Waals surface area contributed by atoms with Crippen LogP contribution < -0.4 is 21.7 Å². The van der Waals surface area contributed by atoms with Gasteiger partial charge < -0.3 is 26.4 Å². The molecule has 2 aliphatic rings. The largest absolute Gasteiger partial charge is 0.381 e. The molecule has 26 heavy (non-hydrogen) atoms. The van der Waals surface area contributed by atoms with E-state index in [-0.39, 0.29) is 30.4 Å². The number of benzene rings is 1. The number of hydrogen-bond donors (Lipinski definition) is 4. The summed E-state index contributed by atoms with van der Waals surface area (Å²) in [5.41, 5.74) is 7.03. The third-order valence-corrected chi connectivity index (χ3v) is 4.77. The molecule has 1 saturated carbocycles. The van der Waals surface area contributed by atoms with Crippen LogP contribution in [0.25, 0.3) is 0 Å². The van der Waals surface area contributed by atoms with Crippen LogP contribution in [0.15, 0.2) is 24.3 Å². The van der Waals surface area contributed by atoms with Gasteiger partial charge in [-0.2, -0.15) is 0 Å². The van der Waals surface area contributed by atoms with Crippen molar-refractivity contribution in [1.29, 1.82) is 0 Å². The highest BCUT2D eigenvalue weighted by molar-refractivity contribution is 5.89. The fourth-order valence-corrected chi connectivity index (χ4v) is 2.82. The number of ether oxygens (including phenoxy) is 1. The quantitative estimate of drug-likeness (QED) is 0.625. The van der Waals surface area contributed by atoms with Gasteiger partial charge in [-0.25, -0.2) is 4.79 Å². The first-order chi connectivity index (χ1) is 12.0. The van der Waals surface area contributed by atoms with Crippen LogP contribution in [0.3, 0.4) is 0 Å². The SMILES string of the molecule is CC(NC(=O)C1(N)CCOCC1)c1ccc(NC(=O)NC2CC2)cc1.Cl. The summed E-state index contributed by atoms with van der Waals surface area (Å²) >= 11 is 0. The Morgan fingerprint density at radius 2 is 1.81 bits per heavy atom. The van der Waals surface area contributed by atoms with Crippen molar-refractivity contribution in [3.05, 3.63) is 29.8 Å². The van der Waals surface area contributed by atoms with Crippen LogP contribution in [0.5, 0.6) is 0 Å². The van der Waals surface area contributed by atoms with Crippen LogP contribution in [0.2, 0.25) is 0 Å². The van der Waals surface area contributed by atoms with Gasteiger partial charge in [0.05, 0.1) is 11.6 Å². The van der Waals surface area contributed by atoms with E-state index in [9.17, 15) is 9.59 Å². The summed E-state index contributed by atoms with van der Waals surface area (Å²) in [6.07, 6.45) is 3.17. The zero-order chi connectivity index (χ0) is 17.9. The molecule has 2 fully saturated rings. The summed E-state index contributed by atoms with van der Waals surface area (Å²) in [6, 6.07) is 7.43. The van der Waals surface area contributed by atoms with Gasteiger partial charge in [0.1, 0.15) is 0 Å². The summed E-state index contributed by atoms with van der Waals surface area (Å²) < 4.78 is 5.28. The number of halogens is 1. The molecule has 1 saturated heterocycles. The molecule has 1 aliphatic heterocycles. The number of carbonyl (C=O) groups excluding carboxylic acids is 2. The second-order valence-electron chi connectivity index (χ2n) is 6.96. The summed E-state index contributed by atoms with van der Waals surface area (Å²) in [4.78, 5) is 24.2. The maximum Gasteiger partial charge on any atom is 0.319 e. The lowest BCUT2D eigenvalue weighted by Gasteiger charge is -2.33. The van der Waals surface area contributed by atoms with Gasteiger partial charge in [0.15, 0.2) is 0 Å². The molecule has 3 amide bonds. The Labute approximate surface area is 159 Å². The molecule has 1 aromatic carbocycles. The van der Waals surface area contributed by atoms with E-state index in [2.05, 4.69) is 16.0 Å². The smallest absolute Gasteiger partial charge is 0.319 e. The number of nitrogens with one attached hydrogen (secondary N) is 3. The zero-order valence-corrected chi connectivity index (χ0v) is 15.7. The Hall–Kier alpha value is -1.83.